The first kappa shape index (κ1) is 20.3. The maximum Gasteiger partial charge on any atom is 0.117 e. The van der Waals surface area contributed by atoms with Gasteiger partial charge in [0.25, 0.3) is 0 Å². The molecule has 0 spiro atoms. The summed E-state index contributed by atoms with van der Waals surface area (Å²) in [4.78, 5) is 0. The summed E-state index contributed by atoms with van der Waals surface area (Å²) in [6, 6.07) is 0. The van der Waals surface area contributed by atoms with Crippen LogP contribution in [0.4, 0.5) is 0 Å². The third kappa shape index (κ3) is 6.33. The van der Waals surface area contributed by atoms with E-state index < -0.39 is 5.60 Å². The summed E-state index contributed by atoms with van der Waals surface area (Å²) in [6.07, 6.45) is 15.8. The first-order valence-corrected chi connectivity index (χ1v) is 9.74. The molecule has 0 fully saturated rings. The minimum atomic E-state index is -0.777. The van der Waals surface area contributed by atoms with Crippen molar-refractivity contribution in [2.24, 2.45) is 5.92 Å². The number of aliphatic hydroxyl groups is 2. The highest BCUT2D eigenvalue weighted by Crippen LogP contribution is 2.38. The molecule has 0 aromatic rings. The van der Waals surface area contributed by atoms with Crippen molar-refractivity contribution in [1.29, 1.82) is 0 Å². The lowest BCUT2D eigenvalue weighted by Gasteiger charge is -2.36. The molecule has 1 aliphatic rings. The van der Waals surface area contributed by atoms with Gasteiger partial charge in [-0.25, -0.2) is 0 Å². The van der Waals surface area contributed by atoms with Crippen molar-refractivity contribution in [2.45, 2.75) is 104 Å². The molecule has 0 radical (unpaired) electrons. The van der Waals surface area contributed by atoms with Gasteiger partial charge in [-0.15, -0.1) is 0 Å². The lowest BCUT2D eigenvalue weighted by Crippen LogP contribution is -2.38. The van der Waals surface area contributed by atoms with Crippen LogP contribution in [0.2, 0.25) is 0 Å². The van der Waals surface area contributed by atoms with Crippen LogP contribution in [-0.4, -0.2) is 15.8 Å². The van der Waals surface area contributed by atoms with Gasteiger partial charge in [0, 0.05) is 5.92 Å². The Labute approximate surface area is 143 Å². The highest BCUT2D eigenvalue weighted by Gasteiger charge is 2.36. The Hall–Kier alpha value is -0.760. The summed E-state index contributed by atoms with van der Waals surface area (Å²) in [7, 11) is 0. The zero-order chi connectivity index (χ0) is 17.3. The zero-order valence-electron chi connectivity index (χ0n) is 15.8. The normalized spacial score (nSPS) is 24.9. The van der Waals surface area contributed by atoms with Gasteiger partial charge in [-0.2, -0.15) is 0 Å². The molecule has 2 heteroatoms. The lowest BCUT2D eigenvalue weighted by molar-refractivity contribution is 0.0334. The van der Waals surface area contributed by atoms with E-state index in [9.17, 15) is 10.2 Å². The van der Waals surface area contributed by atoms with E-state index in [1.165, 1.54) is 57.8 Å². The van der Waals surface area contributed by atoms with Crippen molar-refractivity contribution >= 4 is 0 Å². The van der Waals surface area contributed by atoms with Crippen LogP contribution in [0.25, 0.3) is 0 Å². The smallest absolute Gasteiger partial charge is 0.117 e. The predicted octanol–water partition coefficient (Wildman–Crippen LogP) is 6.46. The van der Waals surface area contributed by atoms with Gasteiger partial charge in [0.1, 0.15) is 5.76 Å². The number of allylic oxidation sites excluding steroid dienone is 1. The molecule has 0 aliphatic heterocycles. The minimum Gasteiger partial charge on any atom is -0.508 e. The van der Waals surface area contributed by atoms with Gasteiger partial charge in [-0.1, -0.05) is 78.1 Å². The molecule has 0 saturated carbocycles. The maximum atomic E-state index is 10.9. The molecule has 2 unspecified atom stereocenters. The molecule has 1 aliphatic carbocycles. The molecule has 2 nitrogen and oxygen atoms in total. The molecule has 1 rings (SSSR count). The fourth-order valence-electron chi connectivity index (χ4n) is 3.64. The molecule has 0 heterocycles. The standard InChI is InChI=1S/C21H38O2/c1-5-6-7-8-9-10-11-12-13-14-15-21(23)16-17(2)20(22)18(3)19(21)4/h16,19,22-23H,5-15H2,1-4H3. The Kier molecular flexibility index (Phi) is 8.98. The third-order valence-electron chi connectivity index (χ3n) is 5.54. The van der Waals surface area contributed by atoms with Crippen LogP contribution in [0.5, 0.6) is 0 Å². The molecule has 0 bridgehead atoms. The quantitative estimate of drug-likeness (QED) is 0.429. The molecule has 0 aromatic carbocycles. The van der Waals surface area contributed by atoms with Crippen LogP contribution in [-0.2, 0) is 0 Å². The second-order valence-electron chi connectivity index (χ2n) is 7.50. The van der Waals surface area contributed by atoms with E-state index in [4.69, 9.17) is 0 Å². The van der Waals surface area contributed by atoms with Crippen molar-refractivity contribution in [3.8, 4) is 0 Å². The molecule has 0 saturated heterocycles. The minimum absolute atomic E-state index is 0.00441. The Morgan fingerprint density at radius 3 is 1.91 bits per heavy atom. The first-order valence-electron chi connectivity index (χ1n) is 9.74. The average molecular weight is 323 g/mol. The first-order chi connectivity index (χ1) is 10.9. The summed E-state index contributed by atoms with van der Waals surface area (Å²) >= 11 is 0. The summed E-state index contributed by atoms with van der Waals surface area (Å²) in [5.74, 6) is 0.370. The summed E-state index contributed by atoms with van der Waals surface area (Å²) < 4.78 is 0. The van der Waals surface area contributed by atoms with Gasteiger partial charge < -0.3 is 10.2 Å². The van der Waals surface area contributed by atoms with E-state index in [-0.39, 0.29) is 5.92 Å². The zero-order valence-corrected chi connectivity index (χ0v) is 15.8. The van der Waals surface area contributed by atoms with E-state index in [2.05, 4.69) is 6.92 Å². The topological polar surface area (TPSA) is 40.5 Å². The number of rotatable bonds is 11. The number of hydrogen-bond acceptors (Lipinski definition) is 2. The van der Waals surface area contributed by atoms with E-state index >= 15 is 0 Å². The Bertz CT molecular complexity index is 408. The fraction of sp³-hybridized carbons (Fsp3) is 0.810. The van der Waals surface area contributed by atoms with Crippen molar-refractivity contribution in [2.75, 3.05) is 0 Å². The van der Waals surface area contributed by atoms with Crippen LogP contribution in [0.15, 0.2) is 23.0 Å². The largest absolute Gasteiger partial charge is 0.508 e. The Morgan fingerprint density at radius 1 is 0.913 bits per heavy atom. The molecule has 0 aromatic heterocycles. The molecule has 23 heavy (non-hydrogen) atoms. The van der Waals surface area contributed by atoms with Crippen molar-refractivity contribution in [1.82, 2.24) is 0 Å². The second kappa shape index (κ2) is 10.2. The van der Waals surface area contributed by atoms with Crippen LogP contribution >= 0.6 is 0 Å². The number of unbranched alkanes of at least 4 members (excludes halogenated alkanes) is 9. The molecular formula is C21H38O2. The third-order valence-corrected chi connectivity index (χ3v) is 5.54. The molecule has 2 N–H and O–H groups in total. The van der Waals surface area contributed by atoms with E-state index in [0.29, 0.717) is 5.76 Å². The average Bonchev–Trinajstić information content (AvgIpc) is 2.53. The number of hydrogen-bond donors (Lipinski definition) is 2. The fourth-order valence-corrected chi connectivity index (χ4v) is 3.64. The molecule has 134 valence electrons. The molecular weight excluding hydrogens is 284 g/mol. The van der Waals surface area contributed by atoms with Gasteiger partial charge in [0.15, 0.2) is 0 Å². The monoisotopic (exact) mass is 322 g/mol. The van der Waals surface area contributed by atoms with Crippen molar-refractivity contribution < 1.29 is 10.2 Å². The summed E-state index contributed by atoms with van der Waals surface area (Å²) in [6.45, 7) is 8.09. The van der Waals surface area contributed by atoms with Gasteiger partial charge in [0.05, 0.1) is 5.60 Å². The van der Waals surface area contributed by atoms with E-state index in [1.54, 1.807) is 0 Å². The summed E-state index contributed by atoms with van der Waals surface area (Å²) in [5.41, 5.74) is 0.954. The van der Waals surface area contributed by atoms with Crippen molar-refractivity contribution in [3.05, 3.63) is 23.0 Å². The SMILES string of the molecule is CCCCCCCCCCCCC1(O)C=C(C)C(O)=C(C)C1C. The van der Waals surface area contributed by atoms with Crippen LogP contribution < -0.4 is 0 Å². The summed E-state index contributed by atoms with van der Waals surface area (Å²) in [5, 5.41) is 20.9. The highest BCUT2D eigenvalue weighted by molar-refractivity contribution is 5.37. The molecule has 0 amide bonds. The van der Waals surface area contributed by atoms with Gasteiger partial charge in [0.2, 0.25) is 0 Å². The number of aliphatic hydroxyl groups excluding tert-OH is 1. The van der Waals surface area contributed by atoms with Crippen LogP contribution in [0.3, 0.4) is 0 Å². The highest BCUT2D eigenvalue weighted by atomic mass is 16.3. The van der Waals surface area contributed by atoms with E-state index in [0.717, 1.165) is 24.0 Å². The Balaban J connectivity index is 2.18. The van der Waals surface area contributed by atoms with E-state index in [1.807, 2.05) is 26.8 Å². The predicted molar refractivity (Wildman–Crippen MR) is 99.7 cm³/mol. The van der Waals surface area contributed by atoms with Crippen molar-refractivity contribution in [3.63, 3.8) is 0 Å². The van der Waals surface area contributed by atoms with Gasteiger partial charge in [-0.05, 0) is 37.5 Å². The van der Waals surface area contributed by atoms with Gasteiger partial charge in [-0.3, -0.25) is 0 Å². The Morgan fingerprint density at radius 2 is 1.39 bits per heavy atom. The maximum absolute atomic E-state index is 10.9. The van der Waals surface area contributed by atoms with Gasteiger partial charge >= 0.3 is 0 Å². The lowest BCUT2D eigenvalue weighted by atomic mass is 9.74. The van der Waals surface area contributed by atoms with Crippen LogP contribution in [0.1, 0.15) is 98.3 Å². The van der Waals surface area contributed by atoms with Crippen LogP contribution in [0, 0.1) is 5.92 Å². The second-order valence-corrected chi connectivity index (χ2v) is 7.50. The molecule has 2 atom stereocenters.